The zero-order valence-electron chi connectivity index (χ0n) is 14.7. The molecule has 0 unspecified atom stereocenters. The molecule has 0 aliphatic carbocycles. The predicted molar refractivity (Wildman–Crippen MR) is 92.6 cm³/mol. The first-order valence-electron chi connectivity index (χ1n) is 7.92. The molecule has 0 saturated carbocycles. The van der Waals surface area contributed by atoms with E-state index in [-0.39, 0.29) is 18.0 Å². The fraction of sp³-hybridized carbons (Fsp3) is 0.263. The first kappa shape index (κ1) is 19.2. The van der Waals surface area contributed by atoms with E-state index in [1.165, 1.54) is 24.3 Å². The number of rotatable bonds is 4. The number of benzene rings is 2. The Kier molecular flexibility index (Phi) is 6.16. The van der Waals surface area contributed by atoms with E-state index in [1.807, 2.05) is 0 Å². The molecule has 26 heavy (non-hydrogen) atoms. The molecule has 0 spiro atoms. The van der Waals surface area contributed by atoms with E-state index in [9.17, 15) is 14.0 Å². The lowest BCUT2D eigenvalue weighted by Crippen LogP contribution is -2.32. The first-order valence-corrected chi connectivity index (χ1v) is 7.92. The molecule has 138 valence electrons. The van der Waals surface area contributed by atoms with Crippen LogP contribution in [0, 0.1) is 5.82 Å². The van der Waals surface area contributed by atoms with Gasteiger partial charge in [-0.2, -0.15) is 0 Å². The molecule has 0 aliphatic heterocycles. The van der Waals surface area contributed by atoms with Crippen molar-refractivity contribution in [2.45, 2.75) is 32.9 Å². The molecule has 2 aromatic carbocycles. The lowest BCUT2D eigenvalue weighted by molar-refractivity contribution is 0.0523. The topological polar surface area (TPSA) is 73.9 Å². The van der Waals surface area contributed by atoms with E-state index >= 15 is 0 Å². The summed E-state index contributed by atoms with van der Waals surface area (Å²) in [6.45, 7) is 5.62. The third-order valence-electron chi connectivity index (χ3n) is 2.98. The summed E-state index contributed by atoms with van der Waals surface area (Å²) in [5, 5.41) is 2.63. The van der Waals surface area contributed by atoms with Gasteiger partial charge in [0.2, 0.25) is 0 Å². The maximum atomic E-state index is 12.8. The smallest absolute Gasteiger partial charge is 0.444 e. The number of carbonyl (C=O) groups is 2. The molecular weight excluding hydrogens is 341 g/mol. The summed E-state index contributed by atoms with van der Waals surface area (Å²) in [7, 11) is 0. The molecule has 0 saturated heterocycles. The van der Waals surface area contributed by atoms with Gasteiger partial charge in [0.1, 0.15) is 22.9 Å². The highest BCUT2D eigenvalue weighted by Crippen LogP contribution is 2.16. The van der Waals surface area contributed by atoms with E-state index in [2.05, 4.69) is 5.32 Å². The van der Waals surface area contributed by atoms with E-state index in [0.717, 1.165) is 5.56 Å². The molecular formula is C19H20FNO5. The molecule has 0 aromatic heterocycles. The average Bonchev–Trinajstić information content (AvgIpc) is 2.55. The highest BCUT2D eigenvalue weighted by molar-refractivity contribution is 5.68. The highest BCUT2D eigenvalue weighted by atomic mass is 19.1. The van der Waals surface area contributed by atoms with E-state index in [1.54, 1.807) is 45.0 Å². The van der Waals surface area contributed by atoms with Gasteiger partial charge < -0.3 is 19.5 Å². The van der Waals surface area contributed by atoms with Crippen LogP contribution in [0.2, 0.25) is 0 Å². The van der Waals surface area contributed by atoms with Crippen molar-refractivity contribution in [2.24, 2.45) is 0 Å². The lowest BCUT2D eigenvalue weighted by atomic mass is 10.2. The molecule has 0 fully saturated rings. The molecule has 6 nitrogen and oxygen atoms in total. The molecule has 2 rings (SSSR count). The van der Waals surface area contributed by atoms with E-state index in [0.29, 0.717) is 0 Å². The molecule has 0 atom stereocenters. The van der Waals surface area contributed by atoms with Gasteiger partial charge in [-0.1, -0.05) is 12.1 Å². The minimum Gasteiger partial charge on any atom is -0.444 e. The van der Waals surface area contributed by atoms with Gasteiger partial charge in [-0.15, -0.1) is 0 Å². The maximum absolute atomic E-state index is 12.8. The highest BCUT2D eigenvalue weighted by Gasteiger charge is 2.15. The Hall–Kier alpha value is -3.09. The number of ether oxygens (including phenoxy) is 3. The molecule has 1 N–H and O–H groups in total. The fourth-order valence-corrected chi connectivity index (χ4v) is 1.88. The third kappa shape index (κ3) is 6.80. The van der Waals surface area contributed by atoms with Crippen molar-refractivity contribution < 1.29 is 28.2 Å². The van der Waals surface area contributed by atoms with Gasteiger partial charge in [-0.3, -0.25) is 0 Å². The molecule has 2 aromatic rings. The van der Waals surface area contributed by atoms with Crippen LogP contribution in [-0.2, 0) is 11.3 Å². The normalized spacial score (nSPS) is 10.8. The quantitative estimate of drug-likeness (QED) is 0.644. The average molecular weight is 361 g/mol. The summed E-state index contributed by atoms with van der Waals surface area (Å²) in [5.74, 6) is 0.0222. The Morgan fingerprint density at radius 1 is 0.923 bits per heavy atom. The second-order valence-corrected chi connectivity index (χ2v) is 6.41. The van der Waals surface area contributed by atoms with E-state index < -0.39 is 23.7 Å². The second-order valence-electron chi connectivity index (χ2n) is 6.41. The van der Waals surface area contributed by atoms with Crippen LogP contribution >= 0.6 is 0 Å². The van der Waals surface area contributed by atoms with Gasteiger partial charge >= 0.3 is 12.2 Å². The summed E-state index contributed by atoms with van der Waals surface area (Å²) in [5.41, 5.74) is 0.238. The van der Waals surface area contributed by atoms with Crippen LogP contribution in [0.4, 0.5) is 14.0 Å². The fourth-order valence-electron chi connectivity index (χ4n) is 1.88. The number of alkyl carbamates (subject to hydrolysis) is 1. The summed E-state index contributed by atoms with van der Waals surface area (Å²) < 4.78 is 27.9. The number of halogens is 1. The molecule has 0 bridgehead atoms. The summed E-state index contributed by atoms with van der Waals surface area (Å²) in [6, 6.07) is 11.5. The van der Waals surface area contributed by atoms with Crippen LogP contribution in [0.15, 0.2) is 48.5 Å². The standard InChI is InChI=1S/C19H20FNO5/c1-19(2,3)26-17(22)21-12-13-4-8-15(9-5-13)24-18(23)25-16-10-6-14(20)7-11-16/h4-11H,12H2,1-3H3,(H,21,22). The van der Waals surface area contributed by atoms with Crippen molar-refractivity contribution in [2.75, 3.05) is 0 Å². The number of hydrogen-bond acceptors (Lipinski definition) is 5. The SMILES string of the molecule is CC(C)(C)OC(=O)NCc1ccc(OC(=O)Oc2ccc(F)cc2)cc1. The van der Waals surface area contributed by atoms with Crippen LogP contribution in [0.25, 0.3) is 0 Å². The van der Waals surface area contributed by atoms with E-state index in [4.69, 9.17) is 14.2 Å². The summed E-state index contributed by atoms with van der Waals surface area (Å²) in [4.78, 5) is 23.3. The minimum atomic E-state index is -0.934. The maximum Gasteiger partial charge on any atom is 0.519 e. The Balaban J connectivity index is 1.82. The van der Waals surface area contributed by atoms with Crippen molar-refractivity contribution in [1.29, 1.82) is 0 Å². The molecule has 1 amide bonds. The Labute approximate surface area is 150 Å². The molecule has 0 heterocycles. The van der Waals surface area contributed by atoms with Crippen LogP contribution in [0.3, 0.4) is 0 Å². The number of amides is 1. The van der Waals surface area contributed by atoms with Gasteiger partial charge in [-0.05, 0) is 62.7 Å². The third-order valence-corrected chi connectivity index (χ3v) is 2.98. The van der Waals surface area contributed by atoms with Gasteiger partial charge in [0.15, 0.2) is 0 Å². The zero-order chi connectivity index (χ0) is 19.2. The predicted octanol–water partition coefficient (Wildman–Crippen LogP) is 4.43. The van der Waals surface area contributed by atoms with Crippen LogP contribution in [0.1, 0.15) is 26.3 Å². The first-order chi connectivity index (χ1) is 12.2. The Bertz CT molecular complexity index is 751. The summed E-state index contributed by atoms with van der Waals surface area (Å²) >= 11 is 0. The van der Waals surface area contributed by atoms with Gasteiger partial charge in [0, 0.05) is 6.54 Å². The molecule has 0 aliphatic rings. The Morgan fingerprint density at radius 2 is 1.42 bits per heavy atom. The van der Waals surface area contributed by atoms with Crippen LogP contribution in [-0.4, -0.2) is 17.8 Å². The number of carbonyl (C=O) groups excluding carboxylic acids is 2. The van der Waals surface area contributed by atoms with Crippen LogP contribution < -0.4 is 14.8 Å². The van der Waals surface area contributed by atoms with Crippen molar-refractivity contribution in [3.63, 3.8) is 0 Å². The zero-order valence-corrected chi connectivity index (χ0v) is 14.7. The molecule has 0 radical (unpaired) electrons. The van der Waals surface area contributed by atoms with Gasteiger partial charge in [-0.25, -0.2) is 14.0 Å². The summed E-state index contributed by atoms with van der Waals surface area (Å²) in [6.07, 6.45) is -1.45. The largest absolute Gasteiger partial charge is 0.519 e. The monoisotopic (exact) mass is 361 g/mol. The van der Waals surface area contributed by atoms with Crippen molar-refractivity contribution in [1.82, 2.24) is 5.32 Å². The Morgan fingerprint density at radius 3 is 1.92 bits per heavy atom. The second kappa shape index (κ2) is 8.33. The van der Waals surface area contributed by atoms with Crippen LogP contribution in [0.5, 0.6) is 11.5 Å². The number of hydrogen-bond donors (Lipinski definition) is 1. The van der Waals surface area contributed by atoms with Crippen molar-refractivity contribution >= 4 is 12.2 Å². The van der Waals surface area contributed by atoms with Gasteiger partial charge in [0.05, 0.1) is 0 Å². The molecule has 7 heteroatoms. The number of nitrogens with one attached hydrogen (secondary N) is 1. The van der Waals surface area contributed by atoms with Crippen molar-refractivity contribution in [3.8, 4) is 11.5 Å². The van der Waals surface area contributed by atoms with Gasteiger partial charge in [0.25, 0.3) is 0 Å². The lowest BCUT2D eigenvalue weighted by Gasteiger charge is -2.19. The minimum absolute atomic E-state index is 0.176. The van der Waals surface area contributed by atoms with Crippen molar-refractivity contribution in [3.05, 3.63) is 59.9 Å².